The van der Waals surface area contributed by atoms with Crippen molar-refractivity contribution >= 4 is 38.3 Å². The maximum atomic E-state index is 11.8. The van der Waals surface area contributed by atoms with Gasteiger partial charge in [-0.3, -0.25) is 0 Å². The number of carbonyl (C=O) groups is 1. The van der Waals surface area contributed by atoms with E-state index in [1.165, 1.54) is 33.0 Å². The van der Waals surface area contributed by atoms with Crippen LogP contribution < -0.4 is 0 Å². The fourth-order valence-corrected chi connectivity index (χ4v) is 3.77. The van der Waals surface area contributed by atoms with Crippen LogP contribution in [0, 0.1) is 0 Å². The van der Waals surface area contributed by atoms with Crippen LogP contribution in [0.25, 0.3) is 32.3 Å². The normalized spacial score (nSPS) is 12.7. The Morgan fingerprint density at radius 3 is 2.32 bits per heavy atom. The number of benzene rings is 4. The molecule has 124 valence electrons. The molecule has 0 aliphatic carbocycles. The van der Waals surface area contributed by atoms with Crippen molar-refractivity contribution in [1.29, 1.82) is 0 Å². The lowest BCUT2D eigenvalue weighted by molar-refractivity contribution is -0.143. The second-order valence-electron chi connectivity index (χ2n) is 6.43. The summed E-state index contributed by atoms with van der Waals surface area (Å²) in [4.78, 5) is 11.8. The third kappa shape index (κ3) is 2.54. The molecule has 2 heteroatoms. The second kappa shape index (κ2) is 6.21. The predicted octanol–water partition coefficient (Wildman–Crippen LogP) is 6.15. The monoisotopic (exact) mass is 328 g/mol. The second-order valence-corrected chi connectivity index (χ2v) is 6.43. The van der Waals surface area contributed by atoms with Gasteiger partial charge in [0.2, 0.25) is 0 Å². The average Bonchev–Trinajstić information content (AvgIpc) is 2.65. The van der Waals surface area contributed by atoms with Crippen LogP contribution in [-0.4, -0.2) is 5.97 Å². The molecule has 25 heavy (non-hydrogen) atoms. The Morgan fingerprint density at radius 2 is 1.64 bits per heavy atom. The number of ether oxygens (including phenoxy) is 1. The van der Waals surface area contributed by atoms with E-state index in [0.29, 0.717) is 0 Å². The SMILES string of the molecule is C=CC(=O)OC(CCC)c1ccc2ccc3cccc4ccc1c2c34. The van der Waals surface area contributed by atoms with Gasteiger partial charge in [-0.1, -0.05) is 74.5 Å². The van der Waals surface area contributed by atoms with Crippen molar-refractivity contribution in [3.05, 3.63) is 72.8 Å². The smallest absolute Gasteiger partial charge is 0.330 e. The number of esters is 1. The van der Waals surface area contributed by atoms with Gasteiger partial charge in [0.15, 0.2) is 0 Å². The molecule has 0 bridgehead atoms. The Balaban J connectivity index is 2.00. The van der Waals surface area contributed by atoms with Crippen molar-refractivity contribution in [2.24, 2.45) is 0 Å². The predicted molar refractivity (Wildman–Crippen MR) is 104 cm³/mol. The molecule has 1 unspecified atom stereocenters. The van der Waals surface area contributed by atoms with Gasteiger partial charge in [0, 0.05) is 11.6 Å². The van der Waals surface area contributed by atoms with Crippen molar-refractivity contribution in [1.82, 2.24) is 0 Å². The zero-order valence-electron chi connectivity index (χ0n) is 14.3. The van der Waals surface area contributed by atoms with Crippen LogP contribution in [0.5, 0.6) is 0 Å². The molecule has 0 spiro atoms. The van der Waals surface area contributed by atoms with Crippen molar-refractivity contribution in [3.63, 3.8) is 0 Å². The number of rotatable bonds is 5. The van der Waals surface area contributed by atoms with E-state index < -0.39 is 0 Å². The number of hydrogen-bond acceptors (Lipinski definition) is 2. The first-order valence-electron chi connectivity index (χ1n) is 8.72. The molecule has 4 aromatic rings. The van der Waals surface area contributed by atoms with Crippen LogP contribution in [0.1, 0.15) is 31.4 Å². The van der Waals surface area contributed by atoms with E-state index in [2.05, 4.69) is 68.1 Å². The van der Waals surface area contributed by atoms with E-state index in [9.17, 15) is 4.79 Å². The van der Waals surface area contributed by atoms with Crippen LogP contribution in [0.2, 0.25) is 0 Å². The lowest BCUT2D eigenvalue weighted by Crippen LogP contribution is -2.09. The minimum atomic E-state index is -0.371. The summed E-state index contributed by atoms with van der Waals surface area (Å²) in [7, 11) is 0. The van der Waals surface area contributed by atoms with Crippen molar-refractivity contribution < 1.29 is 9.53 Å². The summed E-state index contributed by atoms with van der Waals surface area (Å²) in [5, 5.41) is 7.39. The molecule has 0 amide bonds. The van der Waals surface area contributed by atoms with Gasteiger partial charge in [-0.15, -0.1) is 0 Å². The van der Waals surface area contributed by atoms with Crippen molar-refractivity contribution in [2.75, 3.05) is 0 Å². The summed E-state index contributed by atoms with van der Waals surface area (Å²) < 4.78 is 5.66. The molecular weight excluding hydrogens is 308 g/mol. The molecule has 0 saturated heterocycles. The lowest BCUT2D eigenvalue weighted by atomic mass is 9.90. The van der Waals surface area contributed by atoms with Crippen LogP contribution in [0.15, 0.2) is 67.3 Å². The Kier molecular flexibility index (Phi) is 3.89. The minimum absolute atomic E-state index is 0.250. The minimum Gasteiger partial charge on any atom is -0.454 e. The molecule has 0 saturated carbocycles. The van der Waals surface area contributed by atoms with E-state index in [0.717, 1.165) is 23.8 Å². The quantitative estimate of drug-likeness (QED) is 0.249. The standard InChI is InChI=1S/C23H20O2/c1-3-6-20(25-21(24)4-2)18-13-11-17-10-9-15-7-5-8-16-12-14-19(18)23(17)22(15)16/h4-5,7-14,20H,2-3,6H2,1H3. The lowest BCUT2D eigenvalue weighted by Gasteiger charge is -2.20. The molecule has 4 aromatic carbocycles. The summed E-state index contributed by atoms with van der Waals surface area (Å²) in [6.07, 6.45) is 2.72. The molecule has 0 aliphatic heterocycles. The van der Waals surface area contributed by atoms with E-state index >= 15 is 0 Å². The molecule has 0 aliphatic rings. The van der Waals surface area contributed by atoms with Crippen LogP contribution in [-0.2, 0) is 9.53 Å². The van der Waals surface area contributed by atoms with Gasteiger partial charge in [-0.25, -0.2) is 4.79 Å². The van der Waals surface area contributed by atoms with E-state index in [-0.39, 0.29) is 12.1 Å². The van der Waals surface area contributed by atoms with Gasteiger partial charge in [-0.05, 0) is 38.7 Å². The van der Waals surface area contributed by atoms with Crippen molar-refractivity contribution in [3.8, 4) is 0 Å². The Hall–Kier alpha value is -2.87. The fourth-order valence-electron chi connectivity index (χ4n) is 3.77. The highest BCUT2D eigenvalue weighted by Gasteiger charge is 2.19. The molecule has 0 radical (unpaired) electrons. The Bertz CT molecular complexity index is 1060. The van der Waals surface area contributed by atoms with Crippen LogP contribution in [0.4, 0.5) is 0 Å². The highest BCUT2D eigenvalue weighted by molar-refractivity contribution is 6.23. The van der Waals surface area contributed by atoms with Crippen LogP contribution in [0.3, 0.4) is 0 Å². The first-order chi connectivity index (χ1) is 12.2. The summed E-state index contributed by atoms with van der Waals surface area (Å²) >= 11 is 0. The number of hydrogen-bond donors (Lipinski definition) is 0. The number of carbonyl (C=O) groups excluding carboxylic acids is 1. The maximum Gasteiger partial charge on any atom is 0.330 e. The van der Waals surface area contributed by atoms with Gasteiger partial charge < -0.3 is 4.74 Å². The van der Waals surface area contributed by atoms with E-state index in [1.54, 1.807) is 0 Å². The molecule has 0 heterocycles. The third-order valence-electron chi connectivity index (χ3n) is 4.89. The first kappa shape index (κ1) is 15.6. The van der Waals surface area contributed by atoms with Gasteiger partial charge in [0.1, 0.15) is 6.10 Å². The summed E-state index contributed by atoms with van der Waals surface area (Å²) in [6.45, 7) is 5.62. The topological polar surface area (TPSA) is 26.3 Å². The van der Waals surface area contributed by atoms with Gasteiger partial charge in [0.25, 0.3) is 0 Å². The molecule has 2 nitrogen and oxygen atoms in total. The average molecular weight is 328 g/mol. The van der Waals surface area contributed by atoms with E-state index in [4.69, 9.17) is 4.74 Å². The summed E-state index contributed by atoms with van der Waals surface area (Å²) in [5.41, 5.74) is 1.07. The highest BCUT2D eigenvalue weighted by atomic mass is 16.5. The fraction of sp³-hybridized carbons (Fsp3) is 0.174. The zero-order valence-corrected chi connectivity index (χ0v) is 14.3. The molecule has 1 atom stereocenters. The highest BCUT2D eigenvalue weighted by Crippen LogP contribution is 2.39. The Labute approximate surface area is 147 Å². The van der Waals surface area contributed by atoms with E-state index in [1.807, 2.05) is 0 Å². The molecule has 4 rings (SSSR count). The molecule has 0 aromatic heterocycles. The van der Waals surface area contributed by atoms with Crippen LogP contribution >= 0.6 is 0 Å². The van der Waals surface area contributed by atoms with Gasteiger partial charge >= 0.3 is 5.97 Å². The van der Waals surface area contributed by atoms with Gasteiger partial charge in [-0.2, -0.15) is 0 Å². The van der Waals surface area contributed by atoms with Gasteiger partial charge in [0.05, 0.1) is 0 Å². The summed E-state index contributed by atoms with van der Waals surface area (Å²) in [6, 6.07) is 19.3. The van der Waals surface area contributed by atoms with Crippen molar-refractivity contribution in [2.45, 2.75) is 25.9 Å². The third-order valence-corrected chi connectivity index (χ3v) is 4.89. The maximum absolute atomic E-state index is 11.8. The zero-order chi connectivity index (χ0) is 17.4. The molecular formula is C23H20O2. The Morgan fingerprint density at radius 1 is 1.00 bits per heavy atom. The summed E-state index contributed by atoms with van der Waals surface area (Å²) in [5.74, 6) is -0.371. The molecule has 0 N–H and O–H groups in total. The molecule has 0 fully saturated rings. The largest absolute Gasteiger partial charge is 0.454 e. The first-order valence-corrected chi connectivity index (χ1v) is 8.72.